The average molecular weight is 1020 g/mol. The molecular weight excluding hydrogens is 943 g/mol. The van der Waals surface area contributed by atoms with E-state index < -0.39 is 0 Å². The standard InChI is InChI=1S/C14H16N2.C13H14N2O.C11H12N2.C9H12N2O.C9H13N.C7H10N2/c1-2-10-16(11-3-1)13-8-4-6-12-7-5-9-15-14(12)13;1-2-4-12-11(3-1)5-6-13(14-12)15-7-9-16-10-8-15;1-13(2)11-8-7-9-5-3-4-6-10(9)12-11;1-2-9(8-10-3-1)11-4-6-12-7-5-11;1-8-4-6-9(7-5-8)10(2)3;1-9(2)7-5-3-4-6-8-7/h4-9H,1-3,10-11H2;1-6H,7-10H2;3-8H,1-2H3;1-3,8H,4-7H2;4-7H,1-3H3;3-6H,1-2H3. The lowest BCUT2D eigenvalue weighted by molar-refractivity contribution is 0.122. The highest BCUT2D eigenvalue weighted by molar-refractivity contribution is 5.90. The van der Waals surface area contributed by atoms with Crippen molar-refractivity contribution in [3.05, 3.63) is 188 Å². The third-order valence-electron chi connectivity index (χ3n) is 12.9. The van der Waals surface area contributed by atoms with Crippen molar-refractivity contribution in [3.63, 3.8) is 0 Å². The molecule has 0 atom stereocenters. The van der Waals surface area contributed by atoms with Gasteiger partial charge in [-0.3, -0.25) is 9.97 Å². The van der Waals surface area contributed by atoms with Gasteiger partial charge in [0, 0.05) is 122 Å². The van der Waals surface area contributed by atoms with E-state index in [1.807, 2.05) is 131 Å². The Kier molecular flexibility index (Phi) is 22.0. The van der Waals surface area contributed by atoms with E-state index in [-0.39, 0.29) is 0 Å². The minimum atomic E-state index is 0.800. The third-order valence-corrected chi connectivity index (χ3v) is 12.9. The Balaban J connectivity index is 0.000000134. The van der Waals surface area contributed by atoms with E-state index in [2.05, 4.69) is 142 Å². The first-order chi connectivity index (χ1) is 37.1. The minimum Gasteiger partial charge on any atom is -0.378 e. The Hall–Kier alpha value is -7.87. The van der Waals surface area contributed by atoms with Crippen LogP contribution in [-0.2, 0) is 9.47 Å². The summed E-state index contributed by atoms with van der Waals surface area (Å²) in [6.07, 6.45) is 11.3. The maximum absolute atomic E-state index is 5.34. The highest BCUT2D eigenvalue weighted by atomic mass is 16.5. The zero-order chi connectivity index (χ0) is 53.3. The van der Waals surface area contributed by atoms with Crippen molar-refractivity contribution in [2.24, 2.45) is 0 Å². The number of anilines is 6. The first-order valence-corrected chi connectivity index (χ1v) is 26.5. The summed E-state index contributed by atoms with van der Waals surface area (Å²) in [5.74, 6) is 3.05. The number of morpholine rings is 2. The summed E-state index contributed by atoms with van der Waals surface area (Å²) < 4.78 is 10.6. The molecule has 3 aliphatic rings. The van der Waals surface area contributed by atoms with E-state index in [0.717, 1.165) is 86.6 Å². The molecular formula is C63H77N11O2. The van der Waals surface area contributed by atoms with Crippen LogP contribution in [-0.4, -0.2) is 133 Å². The fraction of sp³-hybridized carbons (Fsp3) is 0.317. The van der Waals surface area contributed by atoms with Gasteiger partial charge in [0.05, 0.1) is 60.5 Å². The van der Waals surface area contributed by atoms with Gasteiger partial charge in [-0.1, -0.05) is 78.4 Å². The third kappa shape index (κ3) is 17.4. The zero-order valence-electron chi connectivity index (χ0n) is 45.7. The van der Waals surface area contributed by atoms with Crippen molar-refractivity contribution in [2.45, 2.75) is 26.2 Å². The molecule has 12 rings (SSSR count). The number of ether oxygens (including phenoxy) is 2. The second-order valence-electron chi connectivity index (χ2n) is 19.2. The van der Waals surface area contributed by atoms with Crippen LogP contribution in [0.3, 0.4) is 0 Å². The van der Waals surface area contributed by atoms with Gasteiger partial charge in [-0.2, -0.15) is 0 Å². The van der Waals surface area contributed by atoms with Crippen molar-refractivity contribution in [2.75, 3.05) is 137 Å². The first-order valence-electron chi connectivity index (χ1n) is 26.5. The van der Waals surface area contributed by atoms with Gasteiger partial charge in [0.1, 0.15) is 17.5 Å². The molecule has 3 saturated heterocycles. The molecule has 5 aromatic heterocycles. The van der Waals surface area contributed by atoms with Crippen LogP contribution in [0, 0.1) is 6.92 Å². The normalized spacial score (nSPS) is 13.9. The Labute approximate surface area is 451 Å². The predicted octanol–water partition coefficient (Wildman–Crippen LogP) is 11.7. The van der Waals surface area contributed by atoms with Gasteiger partial charge in [-0.25, -0.2) is 15.0 Å². The number of piperidine rings is 1. The van der Waals surface area contributed by atoms with E-state index in [1.54, 1.807) is 12.4 Å². The molecule has 0 amide bonds. The van der Waals surface area contributed by atoms with Crippen molar-refractivity contribution in [1.29, 1.82) is 0 Å². The van der Waals surface area contributed by atoms with Gasteiger partial charge in [-0.15, -0.1) is 0 Å². The van der Waals surface area contributed by atoms with Crippen LogP contribution < -0.4 is 29.4 Å². The number of rotatable bonds is 6. The van der Waals surface area contributed by atoms with Crippen LogP contribution in [0.4, 0.5) is 34.5 Å². The summed E-state index contributed by atoms with van der Waals surface area (Å²) >= 11 is 0. The van der Waals surface area contributed by atoms with Gasteiger partial charge in [0.15, 0.2) is 0 Å². The molecule has 396 valence electrons. The second-order valence-corrected chi connectivity index (χ2v) is 19.2. The number of hydrogen-bond donors (Lipinski definition) is 0. The summed E-state index contributed by atoms with van der Waals surface area (Å²) in [5.41, 5.74) is 8.32. The lowest BCUT2D eigenvalue weighted by Gasteiger charge is -2.29. The number of hydrogen-bond acceptors (Lipinski definition) is 13. The molecule has 0 bridgehead atoms. The molecule has 8 heterocycles. The van der Waals surface area contributed by atoms with Crippen LogP contribution in [0.5, 0.6) is 0 Å². The Morgan fingerprint density at radius 2 is 1.00 bits per heavy atom. The van der Waals surface area contributed by atoms with Crippen LogP contribution in [0.15, 0.2) is 183 Å². The number of para-hydroxylation sites is 3. The summed E-state index contributed by atoms with van der Waals surface area (Å²) in [6.45, 7) is 11.5. The number of nitrogens with zero attached hydrogens (tertiary/aromatic N) is 11. The van der Waals surface area contributed by atoms with Gasteiger partial charge >= 0.3 is 0 Å². The molecule has 0 radical (unpaired) electrons. The lowest BCUT2D eigenvalue weighted by Crippen LogP contribution is -2.36. The van der Waals surface area contributed by atoms with Gasteiger partial charge < -0.3 is 38.9 Å². The average Bonchev–Trinajstić information content (AvgIpc) is 3.49. The van der Waals surface area contributed by atoms with Crippen LogP contribution in [0.25, 0.3) is 32.7 Å². The summed E-state index contributed by atoms with van der Waals surface area (Å²) in [7, 11) is 12.0. The number of pyridine rings is 5. The lowest BCUT2D eigenvalue weighted by atomic mass is 10.1. The van der Waals surface area contributed by atoms with E-state index in [4.69, 9.17) is 9.47 Å². The molecule has 0 saturated carbocycles. The highest BCUT2D eigenvalue weighted by Gasteiger charge is 2.15. The summed E-state index contributed by atoms with van der Waals surface area (Å²) in [6, 6.07) is 53.7. The molecule has 13 heteroatoms. The Bertz CT molecular complexity index is 3040. The zero-order valence-corrected chi connectivity index (χ0v) is 45.7. The molecule has 13 nitrogen and oxygen atoms in total. The smallest absolute Gasteiger partial charge is 0.129 e. The van der Waals surface area contributed by atoms with Crippen LogP contribution >= 0.6 is 0 Å². The Morgan fingerprint density at radius 3 is 1.61 bits per heavy atom. The monoisotopic (exact) mass is 1020 g/mol. The number of benzene rings is 4. The SMILES string of the molecule is CN(C)c1ccc2ccccc2n1.CN(C)c1ccccn1.Cc1ccc(N(C)C)cc1.c1ccc2nc(N3CCOCC3)ccc2c1.c1cnc2c(N3CCCCC3)cccc2c1.c1cncc(N2CCOCC2)c1. The van der Waals surface area contributed by atoms with E-state index in [0.29, 0.717) is 0 Å². The molecule has 0 spiro atoms. The van der Waals surface area contributed by atoms with E-state index in [1.165, 1.54) is 71.1 Å². The predicted molar refractivity (Wildman–Crippen MR) is 320 cm³/mol. The maximum Gasteiger partial charge on any atom is 0.129 e. The first kappa shape index (κ1) is 55.9. The molecule has 9 aromatic rings. The number of aromatic nitrogens is 5. The van der Waals surface area contributed by atoms with Gasteiger partial charge in [0.25, 0.3) is 0 Å². The summed E-state index contributed by atoms with van der Waals surface area (Å²) in [5, 5.41) is 3.62. The van der Waals surface area contributed by atoms with Crippen molar-refractivity contribution in [3.8, 4) is 0 Å². The molecule has 0 unspecified atom stereocenters. The quantitative estimate of drug-likeness (QED) is 0.158. The van der Waals surface area contributed by atoms with Crippen molar-refractivity contribution < 1.29 is 9.47 Å². The molecule has 4 aromatic carbocycles. The molecule has 3 aliphatic heterocycles. The van der Waals surface area contributed by atoms with Gasteiger partial charge in [-0.05, 0) is 111 Å². The number of aryl methyl sites for hydroxylation is 1. The van der Waals surface area contributed by atoms with Crippen LogP contribution in [0.2, 0.25) is 0 Å². The molecule has 0 aliphatic carbocycles. The van der Waals surface area contributed by atoms with Crippen molar-refractivity contribution >= 4 is 67.2 Å². The van der Waals surface area contributed by atoms with E-state index >= 15 is 0 Å². The van der Waals surface area contributed by atoms with Gasteiger partial charge in [0.2, 0.25) is 0 Å². The summed E-state index contributed by atoms with van der Waals surface area (Å²) in [4.78, 5) is 35.0. The van der Waals surface area contributed by atoms with E-state index in [9.17, 15) is 0 Å². The molecule has 76 heavy (non-hydrogen) atoms. The maximum atomic E-state index is 5.34. The fourth-order valence-corrected chi connectivity index (χ4v) is 8.63. The Morgan fingerprint density at radius 1 is 0.421 bits per heavy atom. The molecule has 3 fully saturated rings. The highest BCUT2D eigenvalue weighted by Crippen LogP contribution is 2.27. The molecule has 0 N–H and O–H groups in total. The minimum absolute atomic E-state index is 0.800. The topological polar surface area (TPSA) is 102 Å². The second kappa shape index (κ2) is 29.9. The number of fused-ring (bicyclic) bond motifs is 3. The largest absolute Gasteiger partial charge is 0.378 e. The fourth-order valence-electron chi connectivity index (χ4n) is 8.63. The van der Waals surface area contributed by atoms with Crippen molar-refractivity contribution in [1.82, 2.24) is 24.9 Å². The van der Waals surface area contributed by atoms with Crippen LogP contribution in [0.1, 0.15) is 24.8 Å².